The van der Waals surface area contributed by atoms with Crippen LogP contribution in [0.2, 0.25) is 0 Å². The van der Waals surface area contributed by atoms with Crippen molar-refractivity contribution >= 4 is 15.9 Å². The van der Waals surface area contributed by atoms with Crippen molar-refractivity contribution in [3.05, 3.63) is 11.4 Å². The molecule has 0 saturated carbocycles. The van der Waals surface area contributed by atoms with Gasteiger partial charge in [0.25, 0.3) is 0 Å². The first-order valence-corrected chi connectivity index (χ1v) is 8.74. The van der Waals surface area contributed by atoms with Gasteiger partial charge < -0.3 is 5.32 Å². The molecular formula is C14H26N4O3S. The summed E-state index contributed by atoms with van der Waals surface area (Å²) in [6, 6.07) is 0. The number of carbonyl (C=O) groups is 1. The third-order valence-corrected chi connectivity index (χ3v) is 5.46. The number of nitrogens with zero attached hydrogens (tertiary/aromatic N) is 3. The maximum atomic E-state index is 12.3. The Kier molecular flexibility index (Phi) is 6.13. The number of amides is 1. The largest absolute Gasteiger partial charge is 0.354 e. The summed E-state index contributed by atoms with van der Waals surface area (Å²) in [7, 11) is -0.610. The van der Waals surface area contributed by atoms with Gasteiger partial charge in [-0.15, -0.1) is 0 Å². The van der Waals surface area contributed by atoms with Gasteiger partial charge in [-0.25, -0.2) is 12.7 Å². The first-order chi connectivity index (χ1) is 10.1. The van der Waals surface area contributed by atoms with Crippen LogP contribution in [0.4, 0.5) is 0 Å². The lowest BCUT2D eigenvalue weighted by Crippen LogP contribution is -2.30. The Bertz CT molecular complexity index is 633. The number of sulfonamides is 1. The van der Waals surface area contributed by atoms with Crippen LogP contribution in [0.15, 0.2) is 4.90 Å². The Balaban J connectivity index is 2.89. The quantitative estimate of drug-likeness (QED) is 0.805. The fourth-order valence-corrected chi connectivity index (χ4v) is 3.34. The van der Waals surface area contributed by atoms with Crippen LogP contribution in [0.3, 0.4) is 0 Å². The fraction of sp³-hybridized carbons (Fsp3) is 0.714. The highest BCUT2D eigenvalue weighted by atomic mass is 32.2. The molecular weight excluding hydrogens is 304 g/mol. The molecule has 1 aromatic rings. The number of rotatable bonds is 7. The monoisotopic (exact) mass is 330 g/mol. The molecule has 22 heavy (non-hydrogen) atoms. The van der Waals surface area contributed by atoms with Gasteiger partial charge >= 0.3 is 0 Å². The highest BCUT2D eigenvalue weighted by Gasteiger charge is 2.27. The molecule has 0 spiro atoms. The highest BCUT2D eigenvalue weighted by Crippen LogP contribution is 2.21. The molecule has 1 heterocycles. The van der Waals surface area contributed by atoms with E-state index in [0.29, 0.717) is 23.9 Å². The Hall–Kier alpha value is -1.41. The maximum Gasteiger partial charge on any atom is 0.246 e. The molecule has 0 aliphatic carbocycles. The van der Waals surface area contributed by atoms with Gasteiger partial charge in [0.05, 0.1) is 11.4 Å². The van der Waals surface area contributed by atoms with E-state index in [2.05, 4.69) is 24.3 Å². The zero-order chi connectivity index (χ0) is 17.1. The molecule has 0 atom stereocenters. The van der Waals surface area contributed by atoms with E-state index in [1.807, 2.05) is 0 Å². The second-order valence-corrected chi connectivity index (χ2v) is 8.07. The van der Waals surface area contributed by atoms with Crippen molar-refractivity contribution in [1.82, 2.24) is 19.4 Å². The smallest absolute Gasteiger partial charge is 0.246 e. The van der Waals surface area contributed by atoms with Crippen LogP contribution < -0.4 is 5.32 Å². The third kappa shape index (κ3) is 4.30. The van der Waals surface area contributed by atoms with E-state index in [1.54, 1.807) is 13.8 Å². The molecule has 1 amide bonds. The van der Waals surface area contributed by atoms with Crippen molar-refractivity contribution in [2.24, 2.45) is 5.92 Å². The van der Waals surface area contributed by atoms with Crippen molar-refractivity contribution < 1.29 is 13.2 Å². The van der Waals surface area contributed by atoms with Gasteiger partial charge in [-0.2, -0.15) is 5.10 Å². The Morgan fingerprint density at radius 1 is 1.32 bits per heavy atom. The van der Waals surface area contributed by atoms with Crippen molar-refractivity contribution in [2.45, 2.75) is 45.6 Å². The summed E-state index contributed by atoms with van der Waals surface area (Å²) in [5.74, 6) is 0.353. The summed E-state index contributed by atoms with van der Waals surface area (Å²) in [5, 5.41) is 7.01. The number of carbonyl (C=O) groups excluding carboxylic acids is 1. The lowest BCUT2D eigenvalue weighted by molar-refractivity contribution is -0.121. The van der Waals surface area contributed by atoms with E-state index in [0.717, 1.165) is 10.7 Å². The molecule has 0 unspecified atom stereocenters. The minimum Gasteiger partial charge on any atom is -0.354 e. The zero-order valence-electron chi connectivity index (χ0n) is 14.2. The Morgan fingerprint density at radius 2 is 1.91 bits per heavy atom. The van der Waals surface area contributed by atoms with E-state index in [-0.39, 0.29) is 17.3 Å². The average molecular weight is 330 g/mol. The zero-order valence-corrected chi connectivity index (χ0v) is 15.0. The number of nitrogens with one attached hydrogen (secondary N) is 1. The van der Waals surface area contributed by atoms with E-state index in [4.69, 9.17) is 0 Å². The van der Waals surface area contributed by atoms with Gasteiger partial charge in [-0.1, -0.05) is 13.8 Å². The van der Waals surface area contributed by atoms with Crippen molar-refractivity contribution in [3.8, 4) is 0 Å². The van der Waals surface area contributed by atoms with Gasteiger partial charge in [-0.05, 0) is 26.2 Å². The molecule has 0 aromatic carbocycles. The molecule has 1 N–H and O–H groups in total. The maximum absolute atomic E-state index is 12.3. The van der Waals surface area contributed by atoms with Crippen LogP contribution in [0.5, 0.6) is 0 Å². The van der Waals surface area contributed by atoms with Crippen LogP contribution in [-0.4, -0.2) is 49.1 Å². The van der Waals surface area contributed by atoms with E-state index < -0.39 is 10.0 Å². The summed E-state index contributed by atoms with van der Waals surface area (Å²) in [4.78, 5) is 12.1. The average Bonchev–Trinajstić information content (AvgIpc) is 2.63. The van der Waals surface area contributed by atoms with Crippen LogP contribution >= 0.6 is 0 Å². The number of hydrogen-bond donors (Lipinski definition) is 1. The second kappa shape index (κ2) is 7.23. The van der Waals surface area contributed by atoms with Crippen LogP contribution in [0.25, 0.3) is 0 Å². The molecule has 126 valence electrons. The molecule has 0 fully saturated rings. The third-order valence-electron chi connectivity index (χ3n) is 3.39. The van der Waals surface area contributed by atoms with Crippen molar-refractivity contribution in [3.63, 3.8) is 0 Å². The van der Waals surface area contributed by atoms with E-state index in [9.17, 15) is 13.2 Å². The normalized spacial score (nSPS) is 12.2. The minimum atomic E-state index is -3.56. The molecule has 1 aromatic heterocycles. The van der Waals surface area contributed by atoms with Crippen molar-refractivity contribution in [1.29, 1.82) is 0 Å². The predicted octanol–water partition coefficient (Wildman–Crippen LogP) is 0.913. The fourth-order valence-electron chi connectivity index (χ4n) is 2.08. The van der Waals surface area contributed by atoms with Crippen LogP contribution in [0.1, 0.15) is 31.7 Å². The van der Waals surface area contributed by atoms with Gasteiger partial charge in [-0.3, -0.25) is 9.48 Å². The van der Waals surface area contributed by atoms with Gasteiger partial charge in [0.2, 0.25) is 15.9 Å². The van der Waals surface area contributed by atoms with Gasteiger partial charge in [0.1, 0.15) is 11.4 Å². The standard InChI is InChI=1S/C14H26N4O3S/c1-10(2)7-8-15-13(19)9-18-12(4)14(11(3)16-18)22(20,21)17(5)6/h10H,7-9H2,1-6H3,(H,15,19). The Labute approximate surface area is 132 Å². The molecule has 0 aliphatic rings. The first kappa shape index (κ1) is 18.6. The summed E-state index contributed by atoms with van der Waals surface area (Å²) < 4.78 is 27.2. The van der Waals surface area contributed by atoms with Crippen molar-refractivity contribution in [2.75, 3.05) is 20.6 Å². The number of aromatic nitrogens is 2. The van der Waals surface area contributed by atoms with Crippen LogP contribution in [-0.2, 0) is 21.4 Å². The molecule has 7 nitrogen and oxygen atoms in total. The molecule has 1 rings (SSSR count). The number of hydrogen-bond acceptors (Lipinski definition) is 4. The van der Waals surface area contributed by atoms with Crippen LogP contribution in [0, 0.1) is 19.8 Å². The lowest BCUT2D eigenvalue weighted by Gasteiger charge is -2.12. The second-order valence-electron chi connectivity index (χ2n) is 5.98. The topological polar surface area (TPSA) is 84.3 Å². The minimum absolute atomic E-state index is 0.0215. The SMILES string of the molecule is Cc1nn(CC(=O)NCCC(C)C)c(C)c1S(=O)(=O)N(C)C. The first-order valence-electron chi connectivity index (χ1n) is 7.30. The Morgan fingerprint density at radius 3 is 2.41 bits per heavy atom. The lowest BCUT2D eigenvalue weighted by atomic mass is 10.1. The highest BCUT2D eigenvalue weighted by molar-refractivity contribution is 7.89. The van der Waals surface area contributed by atoms with Gasteiger partial charge in [0, 0.05) is 20.6 Å². The summed E-state index contributed by atoms with van der Waals surface area (Å²) in [6.07, 6.45) is 0.906. The molecule has 0 aliphatic heterocycles. The number of aryl methyl sites for hydroxylation is 1. The summed E-state index contributed by atoms with van der Waals surface area (Å²) in [6.45, 7) is 8.11. The van der Waals surface area contributed by atoms with Gasteiger partial charge in [0.15, 0.2) is 0 Å². The molecule has 0 saturated heterocycles. The molecule has 0 radical (unpaired) electrons. The summed E-state index contributed by atoms with van der Waals surface area (Å²) >= 11 is 0. The molecule has 8 heteroatoms. The summed E-state index contributed by atoms with van der Waals surface area (Å²) in [5.41, 5.74) is 0.881. The molecule has 0 bridgehead atoms. The predicted molar refractivity (Wildman–Crippen MR) is 85.0 cm³/mol. The van der Waals surface area contributed by atoms with E-state index >= 15 is 0 Å². The van der Waals surface area contributed by atoms with E-state index in [1.165, 1.54) is 18.8 Å².